The molecule has 0 N–H and O–H groups in total. The van der Waals surface area contributed by atoms with Gasteiger partial charge in [0.2, 0.25) is 0 Å². The summed E-state index contributed by atoms with van der Waals surface area (Å²) in [5.74, 6) is 1.34. The van der Waals surface area contributed by atoms with E-state index < -0.39 is 0 Å². The number of aryl methyl sites for hydroxylation is 1. The van der Waals surface area contributed by atoms with Gasteiger partial charge in [-0.2, -0.15) is 0 Å². The van der Waals surface area contributed by atoms with E-state index in [2.05, 4.69) is 20.6 Å². The van der Waals surface area contributed by atoms with E-state index in [4.69, 9.17) is 9.47 Å². The van der Waals surface area contributed by atoms with Crippen LogP contribution in [0.25, 0.3) is 11.3 Å². The summed E-state index contributed by atoms with van der Waals surface area (Å²) >= 11 is 0. The van der Waals surface area contributed by atoms with Crippen molar-refractivity contribution in [2.75, 3.05) is 14.2 Å². The zero-order chi connectivity index (χ0) is 15.5. The molecule has 8 heteroatoms. The molecule has 2 heterocycles. The predicted molar refractivity (Wildman–Crippen MR) is 78.7 cm³/mol. The fourth-order valence-electron chi connectivity index (χ4n) is 2.12. The zero-order valence-electron chi connectivity index (χ0n) is 12.6. The Hall–Kier alpha value is -2.90. The van der Waals surface area contributed by atoms with E-state index in [-0.39, 0.29) is 0 Å². The number of nitrogens with zero attached hydrogens (tertiary/aromatic N) is 6. The van der Waals surface area contributed by atoms with Gasteiger partial charge in [-0.05, 0) is 18.2 Å². The fraction of sp³-hybridized carbons (Fsp3) is 0.286. The molecule has 0 spiro atoms. The van der Waals surface area contributed by atoms with E-state index in [1.807, 2.05) is 31.4 Å². The minimum atomic E-state index is 0.559. The van der Waals surface area contributed by atoms with Crippen LogP contribution in [0.3, 0.4) is 0 Å². The largest absolute Gasteiger partial charge is 0.493 e. The molecule has 22 heavy (non-hydrogen) atoms. The summed E-state index contributed by atoms with van der Waals surface area (Å²) in [7, 11) is 5.05. The van der Waals surface area contributed by atoms with Crippen molar-refractivity contribution >= 4 is 0 Å². The van der Waals surface area contributed by atoms with Gasteiger partial charge >= 0.3 is 0 Å². The third kappa shape index (κ3) is 2.62. The second kappa shape index (κ2) is 5.84. The molecule has 0 amide bonds. The van der Waals surface area contributed by atoms with Gasteiger partial charge in [-0.3, -0.25) is 4.68 Å². The molecular weight excluding hydrogens is 284 g/mol. The van der Waals surface area contributed by atoms with Crippen molar-refractivity contribution < 1.29 is 9.47 Å². The Kier molecular flexibility index (Phi) is 3.73. The van der Waals surface area contributed by atoms with Gasteiger partial charge < -0.3 is 9.47 Å². The van der Waals surface area contributed by atoms with Crippen LogP contribution in [0.5, 0.6) is 11.5 Å². The predicted octanol–water partition coefficient (Wildman–Crippen LogP) is 1.14. The van der Waals surface area contributed by atoms with Gasteiger partial charge in [0.1, 0.15) is 5.69 Å². The number of methoxy groups -OCH3 is 2. The Morgan fingerprint density at radius 2 is 1.91 bits per heavy atom. The summed E-state index contributed by atoms with van der Waals surface area (Å²) in [5.41, 5.74) is 2.62. The average Bonchev–Trinajstić information content (AvgIpc) is 3.17. The SMILES string of the molecule is COc1ccc(-c2cn(Cc3cnnn3C)nn2)cc1OC. The number of ether oxygens (including phenoxy) is 2. The molecule has 0 fully saturated rings. The highest BCUT2D eigenvalue weighted by Crippen LogP contribution is 2.31. The molecular formula is C14H16N6O2. The van der Waals surface area contributed by atoms with Crippen molar-refractivity contribution in [3.63, 3.8) is 0 Å². The Morgan fingerprint density at radius 3 is 2.59 bits per heavy atom. The highest BCUT2D eigenvalue weighted by molar-refractivity contribution is 5.63. The lowest BCUT2D eigenvalue weighted by Gasteiger charge is -2.08. The standard InChI is InChI=1S/C14H16N6O2/c1-19-11(7-15-17-19)8-20-9-12(16-18-20)10-4-5-13(21-2)14(6-10)22-3/h4-7,9H,8H2,1-3H3. The number of hydrogen-bond acceptors (Lipinski definition) is 6. The molecule has 0 aliphatic heterocycles. The third-order valence-corrected chi connectivity index (χ3v) is 3.35. The molecule has 0 atom stereocenters. The molecule has 3 aromatic rings. The monoisotopic (exact) mass is 300 g/mol. The van der Waals surface area contributed by atoms with Crippen LogP contribution in [0, 0.1) is 0 Å². The Morgan fingerprint density at radius 1 is 1.09 bits per heavy atom. The van der Waals surface area contributed by atoms with Crippen LogP contribution in [-0.4, -0.2) is 44.2 Å². The molecule has 0 bridgehead atoms. The summed E-state index contributed by atoms with van der Waals surface area (Å²) in [6.07, 6.45) is 3.58. The van der Waals surface area contributed by atoms with E-state index in [1.165, 1.54) is 0 Å². The molecule has 3 rings (SSSR count). The quantitative estimate of drug-likeness (QED) is 0.703. The molecule has 1 aromatic carbocycles. The van der Waals surface area contributed by atoms with E-state index >= 15 is 0 Å². The molecule has 0 unspecified atom stereocenters. The molecule has 0 saturated heterocycles. The Balaban J connectivity index is 1.86. The number of aromatic nitrogens is 6. The summed E-state index contributed by atoms with van der Waals surface area (Å²) in [6, 6.07) is 5.64. The summed E-state index contributed by atoms with van der Waals surface area (Å²) < 4.78 is 14.0. The number of benzene rings is 1. The van der Waals surface area contributed by atoms with Gasteiger partial charge in [0.25, 0.3) is 0 Å². The van der Waals surface area contributed by atoms with Gasteiger partial charge in [-0.25, -0.2) is 4.68 Å². The molecule has 2 aromatic heterocycles. The Bertz CT molecular complexity index is 779. The van der Waals surface area contributed by atoms with Crippen molar-refractivity contribution in [1.82, 2.24) is 30.0 Å². The fourth-order valence-corrected chi connectivity index (χ4v) is 2.12. The lowest BCUT2D eigenvalue weighted by atomic mass is 10.1. The maximum atomic E-state index is 5.31. The van der Waals surface area contributed by atoms with Crippen molar-refractivity contribution in [2.24, 2.45) is 7.05 Å². The normalized spacial score (nSPS) is 10.7. The van der Waals surface area contributed by atoms with Crippen LogP contribution in [0.2, 0.25) is 0 Å². The number of hydrogen-bond donors (Lipinski definition) is 0. The minimum Gasteiger partial charge on any atom is -0.493 e. The van der Waals surface area contributed by atoms with Crippen molar-refractivity contribution in [3.05, 3.63) is 36.3 Å². The molecule has 0 aliphatic rings. The Labute approximate surface area is 127 Å². The lowest BCUT2D eigenvalue weighted by molar-refractivity contribution is 0.355. The highest BCUT2D eigenvalue weighted by Gasteiger charge is 2.10. The maximum absolute atomic E-state index is 5.31. The van der Waals surface area contributed by atoms with Crippen LogP contribution in [0.1, 0.15) is 5.69 Å². The second-order valence-electron chi connectivity index (χ2n) is 4.72. The van der Waals surface area contributed by atoms with Crippen LogP contribution < -0.4 is 9.47 Å². The van der Waals surface area contributed by atoms with Gasteiger partial charge in [0.15, 0.2) is 11.5 Å². The topological polar surface area (TPSA) is 79.9 Å². The first kappa shape index (κ1) is 14.1. The van der Waals surface area contributed by atoms with E-state index in [1.54, 1.807) is 29.8 Å². The summed E-state index contributed by atoms with van der Waals surface area (Å²) in [6.45, 7) is 0.559. The van der Waals surface area contributed by atoms with E-state index in [0.29, 0.717) is 18.0 Å². The van der Waals surface area contributed by atoms with Crippen molar-refractivity contribution in [3.8, 4) is 22.8 Å². The minimum absolute atomic E-state index is 0.559. The van der Waals surface area contributed by atoms with Gasteiger partial charge in [-0.15, -0.1) is 10.2 Å². The molecule has 114 valence electrons. The number of rotatable bonds is 5. The van der Waals surface area contributed by atoms with Crippen LogP contribution in [0.4, 0.5) is 0 Å². The molecule has 8 nitrogen and oxygen atoms in total. The summed E-state index contributed by atoms with van der Waals surface area (Å²) in [5, 5.41) is 16.1. The second-order valence-corrected chi connectivity index (χ2v) is 4.72. The van der Waals surface area contributed by atoms with Gasteiger partial charge in [0.05, 0.1) is 38.9 Å². The first-order valence-corrected chi connectivity index (χ1v) is 6.67. The van der Waals surface area contributed by atoms with Crippen molar-refractivity contribution in [2.45, 2.75) is 6.54 Å². The molecule has 0 radical (unpaired) electrons. The van der Waals surface area contributed by atoms with E-state index in [9.17, 15) is 0 Å². The smallest absolute Gasteiger partial charge is 0.161 e. The van der Waals surface area contributed by atoms with E-state index in [0.717, 1.165) is 17.0 Å². The summed E-state index contributed by atoms with van der Waals surface area (Å²) in [4.78, 5) is 0. The van der Waals surface area contributed by atoms with Crippen molar-refractivity contribution in [1.29, 1.82) is 0 Å². The van der Waals surface area contributed by atoms with Gasteiger partial charge in [0, 0.05) is 12.6 Å². The molecule has 0 saturated carbocycles. The zero-order valence-corrected chi connectivity index (χ0v) is 12.6. The average molecular weight is 300 g/mol. The first-order valence-electron chi connectivity index (χ1n) is 6.67. The first-order chi connectivity index (χ1) is 10.7. The van der Waals surface area contributed by atoms with Crippen LogP contribution >= 0.6 is 0 Å². The lowest BCUT2D eigenvalue weighted by Crippen LogP contribution is -2.06. The maximum Gasteiger partial charge on any atom is 0.161 e. The van der Waals surface area contributed by atoms with Crippen LogP contribution in [-0.2, 0) is 13.6 Å². The highest BCUT2D eigenvalue weighted by atomic mass is 16.5. The third-order valence-electron chi connectivity index (χ3n) is 3.35. The van der Waals surface area contributed by atoms with Crippen LogP contribution in [0.15, 0.2) is 30.6 Å². The van der Waals surface area contributed by atoms with Gasteiger partial charge in [-0.1, -0.05) is 10.4 Å². The molecule has 0 aliphatic carbocycles.